The fraction of sp³-hybridized carbons (Fsp3) is 0.533. The van der Waals surface area contributed by atoms with Gasteiger partial charge in [-0.2, -0.15) is 0 Å². The summed E-state index contributed by atoms with van der Waals surface area (Å²) >= 11 is 0. The number of ether oxygens (including phenoxy) is 1. The van der Waals surface area contributed by atoms with Crippen molar-refractivity contribution in [3.8, 4) is 5.75 Å². The van der Waals surface area contributed by atoms with Crippen molar-refractivity contribution < 1.29 is 19.0 Å². The van der Waals surface area contributed by atoms with Gasteiger partial charge in [-0.15, -0.1) is 0 Å². The number of aliphatic hydroxyl groups excluding tert-OH is 1. The quantitative estimate of drug-likeness (QED) is 0.885. The van der Waals surface area contributed by atoms with Gasteiger partial charge in [0.25, 0.3) is 5.91 Å². The van der Waals surface area contributed by atoms with Crippen LogP contribution in [0.3, 0.4) is 0 Å². The molecule has 0 radical (unpaired) electrons. The second-order valence-electron chi connectivity index (χ2n) is 5.82. The van der Waals surface area contributed by atoms with Crippen molar-refractivity contribution in [1.82, 2.24) is 5.32 Å². The summed E-state index contributed by atoms with van der Waals surface area (Å²) in [6.07, 6.45) is -0.665. The first-order valence-corrected chi connectivity index (χ1v) is 6.72. The van der Waals surface area contributed by atoms with Crippen LogP contribution in [0.15, 0.2) is 24.3 Å². The number of para-hydroxylation sites is 1. The molecule has 1 aliphatic carbocycles. The van der Waals surface area contributed by atoms with Crippen molar-refractivity contribution in [3.63, 3.8) is 0 Å². The number of carbonyl (C=O) groups excluding carboxylic acids is 1. The normalized spacial score (nSPS) is 25.4. The van der Waals surface area contributed by atoms with Crippen LogP contribution in [-0.2, 0) is 4.79 Å². The SMILES string of the molecule is CC(Oc1ccccc1F)C(=O)NC1CC(O)C1(C)C. The largest absolute Gasteiger partial charge is 0.478 e. The Morgan fingerprint density at radius 2 is 2.15 bits per heavy atom. The molecule has 5 heteroatoms. The highest BCUT2D eigenvalue weighted by Crippen LogP contribution is 2.40. The summed E-state index contributed by atoms with van der Waals surface area (Å²) in [7, 11) is 0. The minimum absolute atomic E-state index is 0.0584. The van der Waals surface area contributed by atoms with Crippen molar-refractivity contribution in [1.29, 1.82) is 0 Å². The van der Waals surface area contributed by atoms with Gasteiger partial charge in [-0.1, -0.05) is 26.0 Å². The summed E-state index contributed by atoms with van der Waals surface area (Å²) in [5.41, 5.74) is -0.340. The van der Waals surface area contributed by atoms with Gasteiger partial charge in [-0.3, -0.25) is 4.79 Å². The summed E-state index contributed by atoms with van der Waals surface area (Å²) in [4.78, 5) is 12.0. The van der Waals surface area contributed by atoms with Gasteiger partial charge in [-0.25, -0.2) is 4.39 Å². The molecule has 4 nitrogen and oxygen atoms in total. The van der Waals surface area contributed by atoms with E-state index < -0.39 is 18.0 Å². The zero-order valence-corrected chi connectivity index (χ0v) is 11.9. The Kier molecular flexibility index (Phi) is 3.99. The Morgan fingerprint density at radius 3 is 2.70 bits per heavy atom. The lowest BCUT2D eigenvalue weighted by atomic mass is 9.64. The molecule has 1 saturated carbocycles. The van der Waals surface area contributed by atoms with Crippen LogP contribution in [0.5, 0.6) is 5.75 Å². The smallest absolute Gasteiger partial charge is 0.261 e. The molecule has 0 aliphatic heterocycles. The van der Waals surface area contributed by atoms with Crippen molar-refractivity contribution in [2.24, 2.45) is 5.41 Å². The number of carbonyl (C=O) groups is 1. The van der Waals surface area contributed by atoms with E-state index in [0.717, 1.165) is 0 Å². The number of hydrogen-bond donors (Lipinski definition) is 2. The molecule has 2 N–H and O–H groups in total. The summed E-state index contributed by atoms with van der Waals surface area (Å²) in [6, 6.07) is 5.89. The highest BCUT2D eigenvalue weighted by molar-refractivity contribution is 5.81. The molecule has 1 amide bonds. The van der Waals surface area contributed by atoms with Gasteiger partial charge in [0, 0.05) is 11.5 Å². The average Bonchev–Trinajstić information content (AvgIpc) is 2.40. The molecule has 3 atom stereocenters. The third-order valence-electron chi connectivity index (χ3n) is 4.04. The van der Waals surface area contributed by atoms with Crippen molar-refractivity contribution in [3.05, 3.63) is 30.1 Å². The van der Waals surface area contributed by atoms with Gasteiger partial charge >= 0.3 is 0 Å². The summed E-state index contributed by atoms with van der Waals surface area (Å²) < 4.78 is 18.8. The number of hydrogen-bond acceptors (Lipinski definition) is 3. The Balaban J connectivity index is 1.92. The monoisotopic (exact) mass is 281 g/mol. The van der Waals surface area contributed by atoms with Crippen LogP contribution in [0, 0.1) is 11.2 Å². The van der Waals surface area contributed by atoms with Crippen LogP contribution in [-0.4, -0.2) is 29.3 Å². The van der Waals surface area contributed by atoms with Gasteiger partial charge in [-0.05, 0) is 25.5 Å². The minimum atomic E-state index is -0.791. The number of benzene rings is 1. The zero-order valence-electron chi connectivity index (χ0n) is 11.9. The van der Waals surface area contributed by atoms with E-state index in [4.69, 9.17) is 4.74 Å². The van der Waals surface area contributed by atoms with Crippen molar-refractivity contribution >= 4 is 5.91 Å². The number of halogens is 1. The Morgan fingerprint density at radius 1 is 1.50 bits per heavy atom. The molecule has 1 aliphatic rings. The minimum Gasteiger partial charge on any atom is -0.478 e. The predicted octanol–water partition coefficient (Wildman–Crippen LogP) is 1.87. The average molecular weight is 281 g/mol. The van der Waals surface area contributed by atoms with E-state index in [2.05, 4.69) is 5.32 Å². The van der Waals surface area contributed by atoms with Gasteiger partial charge in [0.2, 0.25) is 0 Å². The second-order valence-corrected chi connectivity index (χ2v) is 5.82. The van der Waals surface area contributed by atoms with Crippen LogP contribution >= 0.6 is 0 Å². The molecule has 3 unspecified atom stereocenters. The maximum atomic E-state index is 13.4. The van der Waals surface area contributed by atoms with E-state index in [9.17, 15) is 14.3 Å². The van der Waals surface area contributed by atoms with E-state index in [0.29, 0.717) is 6.42 Å². The fourth-order valence-corrected chi connectivity index (χ4v) is 2.22. The first kappa shape index (κ1) is 14.8. The van der Waals surface area contributed by atoms with Crippen LogP contribution < -0.4 is 10.1 Å². The summed E-state index contributed by atoms with van der Waals surface area (Å²) in [6.45, 7) is 5.37. The number of aliphatic hydroxyl groups is 1. The van der Waals surface area contributed by atoms with Crippen LogP contribution in [0.1, 0.15) is 27.2 Å². The Hall–Kier alpha value is -1.62. The maximum Gasteiger partial charge on any atom is 0.261 e. The molecule has 0 saturated heterocycles. The number of rotatable bonds is 4. The van der Waals surface area contributed by atoms with Crippen LogP contribution in [0.4, 0.5) is 4.39 Å². The highest BCUT2D eigenvalue weighted by Gasteiger charge is 2.48. The topological polar surface area (TPSA) is 58.6 Å². The van der Waals surface area contributed by atoms with E-state index in [1.807, 2.05) is 13.8 Å². The fourth-order valence-electron chi connectivity index (χ4n) is 2.22. The van der Waals surface area contributed by atoms with Gasteiger partial charge in [0.15, 0.2) is 17.7 Å². The molecule has 0 bridgehead atoms. The summed E-state index contributed by atoms with van der Waals surface area (Å²) in [5.74, 6) is -0.743. The molecule has 2 rings (SSSR count). The number of nitrogens with one attached hydrogen (secondary N) is 1. The Bertz CT molecular complexity index is 504. The molecule has 110 valence electrons. The number of amides is 1. The lowest BCUT2D eigenvalue weighted by Crippen LogP contribution is -2.62. The highest BCUT2D eigenvalue weighted by atomic mass is 19.1. The maximum absolute atomic E-state index is 13.4. The van der Waals surface area contributed by atoms with Crippen molar-refractivity contribution in [2.45, 2.75) is 45.4 Å². The van der Waals surface area contributed by atoms with Crippen LogP contribution in [0.2, 0.25) is 0 Å². The van der Waals surface area contributed by atoms with E-state index in [1.54, 1.807) is 19.1 Å². The third kappa shape index (κ3) is 2.77. The molecule has 0 heterocycles. The van der Waals surface area contributed by atoms with E-state index >= 15 is 0 Å². The molecule has 1 aromatic carbocycles. The standard InChI is InChI=1S/C15H20FNO3/c1-9(20-11-7-5-4-6-10(11)16)14(19)17-12-8-13(18)15(12,2)3/h4-7,9,12-13,18H,8H2,1-3H3,(H,17,19). The molecule has 1 fully saturated rings. The van der Waals surface area contributed by atoms with Crippen molar-refractivity contribution in [2.75, 3.05) is 0 Å². The third-order valence-corrected chi connectivity index (χ3v) is 4.04. The second kappa shape index (κ2) is 5.40. The molecular weight excluding hydrogens is 261 g/mol. The first-order valence-electron chi connectivity index (χ1n) is 6.72. The Labute approximate surface area is 117 Å². The van der Waals surface area contributed by atoms with Gasteiger partial charge in [0.05, 0.1) is 6.10 Å². The zero-order chi connectivity index (χ0) is 14.9. The molecule has 0 spiro atoms. The molecular formula is C15H20FNO3. The van der Waals surface area contributed by atoms with E-state index in [1.165, 1.54) is 12.1 Å². The predicted molar refractivity (Wildman–Crippen MR) is 72.8 cm³/mol. The first-order chi connectivity index (χ1) is 9.32. The lowest BCUT2D eigenvalue weighted by molar-refractivity contribution is -0.135. The lowest BCUT2D eigenvalue weighted by Gasteiger charge is -2.49. The molecule has 20 heavy (non-hydrogen) atoms. The summed E-state index contributed by atoms with van der Waals surface area (Å²) in [5, 5.41) is 12.5. The van der Waals surface area contributed by atoms with Gasteiger partial charge in [0.1, 0.15) is 0 Å². The van der Waals surface area contributed by atoms with Crippen LogP contribution in [0.25, 0.3) is 0 Å². The van der Waals surface area contributed by atoms with E-state index in [-0.39, 0.29) is 23.1 Å². The molecule has 1 aromatic rings. The van der Waals surface area contributed by atoms with Gasteiger partial charge < -0.3 is 15.2 Å². The molecule has 0 aromatic heterocycles.